The van der Waals surface area contributed by atoms with Crippen molar-refractivity contribution in [3.63, 3.8) is 0 Å². The maximum absolute atomic E-state index is 12.1. The van der Waals surface area contributed by atoms with E-state index in [1.54, 1.807) is 7.11 Å². The van der Waals surface area contributed by atoms with Crippen molar-refractivity contribution in [1.29, 1.82) is 0 Å². The van der Waals surface area contributed by atoms with E-state index in [2.05, 4.69) is 5.32 Å². The third-order valence-corrected chi connectivity index (χ3v) is 3.75. The summed E-state index contributed by atoms with van der Waals surface area (Å²) in [5.74, 6) is 1.32. The fraction of sp³-hybridized carbons (Fsp3) is 0.438. The van der Waals surface area contributed by atoms with Crippen molar-refractivity contribution in [2.45, 2.75) is 31.9 Å². The zero-order chi connectivity index (χ0) is 14.8. The lowest BCUT2D eigenvalue weighted by molar-refractivity contribution is -0.130. The van der Waals surface area contributed by atoms with Gasteiger partial charge in [0.15, 0.2) is 11.3 Å². The minimum atomic E-state index is -0.327. The Balaban J connectivity index is 1.78. The highest BCUT2D eigenvalue weighted by Gasteiger charge is 2.25. The second-order valence-corrected chi connectivity index (χ2v) is 5.26. The van der Waals surface area contributed by atoms with Crippen molar-refractivity contribution in [3.05, 3.63) is 30.0 Å². The Morgan fingerprint density at radius 2 is 2.33 bits per heavy atom. The summed E-state index contributed by atoms with van der Waals surface area (Å²) in [5.41, 5.74) is 0.702. The summed E-state index contributed by atoms with van der Waals surface area (Å²) in [5, 5.41) is 3.90. The summed E-state index contributed by atoms with van der Waals surface area (Å²) in [6.45, 7) is 2.56. The number of benzene rings is 1. The van der Waals surface area contributed by atoms with E-state index in [4.69, 9.17) is 13.9 Å². The molecule has 0 spiro atoms. The molecule has 0 aliphatic carbocycles. The van der Waals surface area contributed by atoms with Gasteiger partial charge in [-0.05, 0) is 31.9 Å². The molecule has 0 unspecified atom stereocenters. The van der Waals surface area contributed by atoms with Gasteiger partial charge in [0, 0.05) is 12.0 Å². The smallest absolute Gasteiger partial charge is 0.249 e. The molecule has 5 nitrogen and oxygen atoms in total. The molecule has 3 rings (SSSR count). The van der Waals surface area contributed by atoms with Crippen LogP contribution in [0.4, 0.5) is 0 Å². The predicted molar refractivity (Wildman–Crippen MR) is 78.3 cm³/mol. The largest absolute Gasteiger partial charge is 0.493 e. The molecule has 1 amide bonds. The van der Waals surface area contributed by atoms with Gasteiger partial charge in [-0.2, -0.15) is 0 Å². The molecule has 2 atom stereocenters. The molecule has 5 heteroatoms. The fourth-order valence-corrected chi connectivity index (χ4v) is 2.59. The fourth-order valence-electron chi connectivity index (χ4n) is 2.59. The molecule has 1 aliphatic heterocycles. The highest BCUT2D eigenvalue weighted by atomic mass is 16.5. The van der Waals surface area contributed by atoms with E-state index >= 15 is 0 Å². The topological polar surface area (TPSA) is 60.7 Å². The number of nitrogens with one attached hydrogen (secondary N) is 1. The molecule has 1 N–H and O–H groups in total. The van der Waals surface area contributed by atoms with Crippen LogP contribution in [0, 0.1) is 0 Å². The number of para-hydroxylation sites is 1. The van der Waals surface area contributed by atoms with Crippen molar-refractivity contribution >= 4 is 16.9 Å². The van der Waals surface area contributed by atoms with Gasteiger partial charge in [0.2, 0.25) is 5.91 Å². The van der Waals surface area contributed by atoms with Crippen LogP contribution >= 0.6 is 0 Å². The molecule has 1 aromatic heterocycles. The summed E-state index contributed by atoms with van der Waals surface area (Å²) in [7, 11) is 1.61. The molecular weight excluding hydrogens is 270 g/mol. The van der Waals surface area contributed by atoms with Gasteiger partial charge in [0.25, 0.3) is 0 Å². The monoisotopic (exact) mass is 289 g/mol. The summed E-state index contributed by atoms with van der Waals surface area (Å²) in [6.07, 6.45) is 1.40. The van der Waals surface area contributed by atoms with E-state index in [9.17, 15) is 4.79 Å². The van der Waals surface area contributed by atoms with Crippen LogP contribution in [0.5, 0.6) is 5.75 Å². The molecule has 0 radical (unpaired) electrons. The summed E-state index contributed by atoms with van der Waals surface area (Å²) >= 11 is 0. The molecule has 0 saturated carbocycles. The first-order valence-electron chi connectivity index (χ1n) is 7.17. The minimum absolute atomic E-state index is 0.0765. The molecular formula is C16H19NO4. The van der Waals surface area contributed by atoms with E-state index in [1.807, 2.05) is 31.2 Å². The second kappa shape index (κ2) is 5.77. The van der Waals surface area contributed by atoms with Gasteiger partial charge in [-0.15, -0.1) is 0 Å². The van der Waals surface area contributed by atoms with E-state index in [-0.39, 0.29) is 18.1 Å². The van der Waals surface area contributed by atoms with Crippen molar-refractivity contribution in [1.82, 2.24) is 5.32 Å². The Labute approximate surface area is 123 Å². The first-order valence-corrected chi connectivity index (χ1v) is 7.17. The Kier molecular flexibility index (Phi) is 3.84. The zero-order valence-corrected chi connectivity index (χ0v) is 12.2. The summed E-state index contributed by atoms with van der Waals surface area (Å²) in [4.78, 5) is 12.1. The van der Waals surface area contributed by atoms with E-state index in [0.29, 0.717) is 23.7 Å². The molecule has 2 heterocycles. The lowest BCUT2D eigenvalue weighted by atomic mass is 10.2. The van der Waals surface area contributed by atoms with E-state index < -0.39 is 0 Å². The van der Waals surface area contributed by atoms with E-state index in [0.717, 1.165) is 18.2 Å². The highest BCUT2D eigenvalue weighted by molar-refractivity contribution is 5.84. The molecule has 21 heavy (non-hydrogen) atoms. The Morgan fingerprint density at radius 1 is 1.48 bits per heavy atom. The van der Waals surface area contributed by atoms with Gasteiger partial charge in [-0.3, -0.25) is 4.79 Å². The number of amides is 1. The number of carbonyl (C=O) groups excluding carboxylic acids is 1. The van der Waals surface area contributed by atoms with Crippen LogP contribution in [0.2, 0.25) is 0 Å². The third kappa shape index (κ3) is 2.74. The number of fused-ring (bicyclic) bond motifs is 1. The first-order chi connectivity index (χ1) is 10.2. The van der Waals surface area contributed by atoms with Crippen LogP contribution < -0.4 is 10.1 Å². The molecule has 2 aromatic rings. The van der Waals surface area contributed by atoms with Crippen LogP contribution in [0.1, 0.15) is 31.6 Å². The average molecular weight is 289 g/mol. The number of methoxy groups -OCH3 is 1. The van der Waals surface area contributed by atoms with Crippen LogP contribution in [-0.2, 0) is 9.53 Å². The van der Waals surface area contributed by atoms with E-state index in [1.165, 1.54) is 0 Å². The number of hydrogen-bond acceptors (Lipinski definition) is 4. The third-order valence-electron chi connectivity index (χ3n) is 3.75. The molecule has 1 fully saturated rings. The standard InChI is InChI=1S/C16H19NO4/c1-10(17-16(18)13-7-4-8-20-13)14-9-11-5-3-6-12(19-2)15(11)21-14/h3,5-6,9-10,13H,4,7-8H2,1-2H3,(H,17,18)/t10-,13+/m1/s1. The molecule has 112 valence electrons. The predicted octanol–water partition coefficient (Wildman–Crippen LogP) is 2.80. The van der Waals surface area contributed by atoms with Gasteiger partial charge in [0.1, 0.15) is 11.9 Å². The zero-order valence-electron chi connectivity index (χ0n) is 12.2. The SMILES string of the molecule is COc1cccc2cc([C@@H](C)NC(=O)[C@@H]3CCCO3)oc12. The minimum Gasteiger partial charge on any atom is -0.493 e. The number of hydrogen-bond donors (Lipinski definition) is 1. The number of carbonyl (C=O) groups is 1. The number of furan rings is 1. The maximum Gasteiger partial charge on any atom is 0.249 e. The summed E-state index contributed by atoms with van der Waals surface area (Å²) in [6, 6.07) is 7.44. The molecule has 0 bridgehead atoms. The maximum atomic E-state index is 12.1. The van der Waals surface area contributed by atoms with Crippen molar-refractivity contribution in [3.8, 4) is 5.75 Å². The summed E-state index contributed by atoms with van der Waals surface area (Å²) < 4.78 is 16.5. The van der Waals surface area contributed by atoms with Crippen molar-refractivity contribution < 1.29 is 18.7 Å². The van der Waals surface area contributed by atoms with Gasteiger partial charge < -0.3 is 19.2 Å². The van der Waals surface area contributed by atoms with Crippen LogP contribution in [0.3, 0.4) is 0 Å². The van der Waals surface area contributed by atoms with Gasteiger partial charge in [-0.25, -0.2) is 0 Å². The van der Waals surface area contributed by atoms with Crippen LogP contribution in [-0.4, -0.2) is 25.7 Å². The normalized spacial score (nSPS) is 19.6. The Morgan fingerprint density at radius 3 is 3.05 bits per heavy atom. The molecule has 1 aromatic carbocycles. The Bertz CT molecular complexity index is 643. The number of ether oxygens (including phenoxy) is 2. The first kappa shape index (κ1) is 13.9. The van der Waals surface area contributed by atoms with Gasteiger partial charge in [-0.1, -0.05) is 12.1 Å². The number of rotatable bonds is 4. The quantitative estimate of drug-likeness (QED) is 0.940. The van der Waals surface area contributed by atoms with Crippen LogP contribution in [0.25, 0.3) is 11.0 Å². The lowest BCUT2D eigenvalue weighted by Crippen LogP contribution is -2.35. The van der Waals surface area contributed by atoms with Crippen molar-refractivity contribution in [2.24, 2.45) is 0 Å². The average Bonchev–Trinajstić information content (AvgIpc) is 3.15. The second-order valence-electron chi connectivity index (χ2n) is 5.26. The highest BCUT2D eigenvalue weighted by Crippen LogP contribution is 2.31. The van der Waals surface area contributed by atoms with Gasteiger partial charge >= 0.3 is 0 Å². The Hall–Kier alpha value is -2.01. The lowest BCUT2D eigenvalue weighted by Gasteiger charge is -2.14. The van der Waals surface area contributed by atoms with Crippen LogP contribution in [0.15, 0.2) is 28.7 Å². The molecule has 1 aliphatic rings. The van der Waals surface area contributed by atoms with Crippen molar-refractivity contribution in [2.75, 3.05) is 13.7 Å². The van der Waals surface area contributed by atoms with Gasteiger partial charge in [0.05, 0.1) is 13.2 Å². The molecule has 1 saturated heterocycles.